The van der Waals surface area contributed by atoms with Gasteiger partial charge in [-0.25, -0.2) is 9.79 Å². The molecule has 0 radical (unpaired) electrons. The van der Waals surface area contributed by atoms with E-state index in [1.165, 1.54) is 0 Å². The number of urea groups is 1. The van der Waals surface area contributed by atoms with Crippen molar-refractivity contribution < 1.29 is 14.6 Å². The molecule has 6 N–H and O–H groups in total. The van der Waals surface area contributed by atoms with Crippen molar-refractivity contribution in [2.24, 2.45) is 10.7 Å². The van der Waals surface area contributed by atoms with Crippen molar-refractivity contribution in [3.63, 3.8) is 0 Å². The van der Waals surface area contributed by atoms with Crippen LogP contribution in [0.4, 0.5) is 16.2 Å². The fraction of sp³-hybridized carbons (Fsp3) is 0.200. The monoisotopic (exact) mass is 447 g/mol. The third kappa shape index (κ3) is 9.02. The van der Waals surface area contributed by atoms with E-state index in [-0.39, 0.29) is 12.6 Å². The van der Waals surface area contributed by atoms with E-state index in [0.717, 1.165) is 30.0 Å². The summed E-state index contributed by atoms with van der Waals surface area (Å²) in [7, 11) is 0. The van der Waals surface area contributed by atoms with Gasteiger partial charge in [-0.3, -0.25) is 5.32 Å². The van der Waals surface area contributed by atoms with Crippen molar-refractivity contribution in [1.82, 2.24) is 10.6 Å². The third-order valence-electron chi connectivity index (χ3n) is 4.61. The van der Waals surface area contributed by atoms with Crippen LogP contribution in [-0.4, -0.2) is 42.9 Å². The van der Waals surface area contributed by atoms with Gasteiger partial charge in [0, 0.05) is 12.2 Å². The average molecular weight is 448 g/mol. The molecule has 172 valence electrons. The summed E-state index contributed by atoms with van der Waals surface area (Å²) in [6.07, 6.45) is 0.209. The fourth-order valence-corrected chi connectivity index (χ4v) is 3.00. The number of benzene rings is 3. The zero-order valence-electron chi connectivity index (χ0n) is 18.3. The highest BCUT2D eigenvalue weighted by Crippen LogP contribution is 2.14. The molecule has 8 nitrogen and oxygen atoms in total. The number of aliphatic hydroxyl groups is 1. The summed E-state index contributed by atoms with van der Waals surface area (Å²) in [5.74, 6) is 0.988. The van der Waals surface area contributed by atoms with E-state index in [1.807, 2.05) is 84.9 Å². The lowest BCUT2D eigenvalue weighted by Crippen LogP contribution is -2.39. The number of hydrogen-bond acceptors (Lipinski definition) is 5. The molecule has 2 amide bonds. The Morgan fingerprint density at radius 2 is 1.64 bits per heavy atom. The number of hydrogen-bond donors (Lipinski definition) is 5. The maximum absolute atomic E-state index is 11.3. The first-order valence-corrected chi connectivity index (χ1v) is 10.7. The molecule has 0 bridgehead atoms. The van der Waals surface area contributed by atoms with Gasteiger partial charge < -0.3 is 26.2 Å². The Hall–Kier alpha value is -3.88. The van der Waals surface area contributed by atoms with Crippen molar-refractivity contribution >= 4 is 23.4 Å². The van der Waals surface area contributed by atoms with Gasteiger partial charge in [0.15, 0.2) is 0 Å². The quantitative estimate of drug-likeness (QED) is 0.186. The van der Waals surface area contributed by atoms with Gasteiger partial charge in [0.2, 0.25) is 5.96 Å². The fourth-order valence-electron chi connectivity index (χ4n) is 3.00. The van der Waals surface area contributed by atoms with Crippen molar-refractivity contribution in [3.05, 3.63) is 90.5 Å². The highest BCUT2D eigenvalue weighted by molar-refractivity contribution is 6.04. The van der Waals surface area contributed by atoms with E-state index in [0.29, 0.717) is 12.2 Å². The number of nitrogens with two attached hydrogens (primary N) is 1. The van der Waals surface area contributed by atoms with Crippen LogP contribution in [0.3, 0.4) is 0 Å². The van der Waals surface area contributed by atoms with Crippen LogP contribution in [0.5, 0.6) is 5.75 Å². The standard InChI is InChI=1S/C25H29N5O3/c26-24(32)30-25(28-20-7-3-1-4-8-20)29-21-13-11-19(12-14-21)15-16-27-17-22(31)18-33-23-9-5-2-6-10-23/h1-14,22,27,31H,15-18H2,(H4,26,28,29,30,32)/t22-/m0/s1. The van der Waals surface area contributed by atoms with E-state index >= 15 is 0 Å². The van der Waals surface area contributed by atoms with Gasteiger partial charge in [0.05, 0.1) is 5.69 Å². The largest absolute Gasteiger partial charge is 0.491 e. The number of carbonyl (C=O) groups is 1. The van der Waals surface area contributed by atoms with E-state index in [2.05, 4.69) is 20.9 Å². The van der Waals surface area contributed by atoms with Crippen LogP contribution in [0.1, 0.15) is 5.56 Å². The molecule has 0 saturated heterocycles. The van der Waals surface area contributed by atoms with Gasteiger partial charge in [0.1, 0.15) is 18.5 Å². The zero-order valence-corrected chi connectivity index (χ0v) is 18.3. The number of guanidine groups is 1. The molecule has 0 aliphatic rings. The first-order valence-electron chi connectivity index (χ1n) is 10.7. The molecule has 0 heterocycles. The van der Waals surface area contributed by atoms with Crippen molar-refractivity contribution in [3.8, 4) is 5.75 Å². The third-order valence-corrected chi connectivity index (χ3v) is 4.61. The second-order valence-corrected chi connectivity index (χ2v) is 7.34. The minimum Gasteiger partial charge on any atom is -0.491 e. The molecule has 3 aromatic carbocycles. The normalized spacial score (nSPS) is 12.1. The van der Waals surface area contributed by atoms with Crippen LogP contribution < -0.4 is 26.4 Å². The number of amides is 2. The molecule has 0 fully saturated rings. The van der Waals surface area contributed by atoms with E-state index in [4.69, 9.17) is 10.5 Å². The van der Waals surface area contributed by atoms with Gasteiger partial charge in [0.25, 0.3) is 0 Å². The Morgan fingerprint density at radius 1 is 0.970 bits per heavy atom. The molecule has 0 aromatic heterocycles. The van der Waals surface area contributed by atoms with Crippen molar-refractivity contribution in [2.75, 3.05) is 25.0 Å². The number of aliphatic imine (C=N–C) groups is 1. The molecule has 33 heavy (non-hydrogen) atoms. The number of rotatable bonds is 10. The van der Waals surface area contributed by atoms with Crippen LogP contribution in [0, 0.1) is 0 Å². The molecule has 8 heteroatoms. The molecule has 0 saturated carbocycles. The molecule has 1 atom stereocenters. The number of carbonyl (C=O) groups excluding carboxylic acids is 1. The highest BCUT2D eigenvalue weighted by Gasteiger charge is 2.06. The molecule has 3 rings (SSSR count). The molecule has 0 aliphatic carbocycles. The van der Waals surface area contributed by atoms with Crippen LogP contribution in [0.2, 0.25) is 0 Å². The van der Waals surface area contributed by atoms with Gasteiger partial charge in [-0.2, -0.15) is 0 Å². The molecule has 0 unspecified atom stereocenters. The van der Waals surface area contributed by atoms with Crippen LogP contribution in [-0.2, 0) is 6.42 Å². The molecule has 3 aromatic rings. The Balaban J connectivity index is 1.44. The highest BCUT2D eigenvalue weighted by atomic mass is 16.5. The first kappa shape index (κ1) is 23.8. The van der Waals surface area contributed by atoms with Gasteiger partial charge >= 0.3 is 6.03 Å². The number of para-hydroxylation sites is 2. The van der Waals surface area contributed by atoms with Gasteiger partial charge in [-0.1, -0.05) is 48.5 Å². The SMILES string of the molecule is NC(=O)NC(=Nc1ccc(CCNC[C@H](O)COc2ccccc2)cc1)Nc1ccccc1. The summed E-state index contributed by atoms with van der Waals surface area (Å²) >= 11 is 0. The van der Waals surface area contributed by atoms with Crippen molar-refractivity contribution in [2.45, 2.75) is 12.5 Å². The molecule has 0 spiro atoms. The second kappa shape index (κ2) is 12.8. The summed E-state index contributed by atoms with van der Waals surface area (Å²) in [4.78, 5) is 15.7. The maximum Gasteiger partial charge on any atom is 0.318 e. The number of aliphatic hydroxyl groups excluding tert-OH is 1. The van der Waals surface area contributed by atoms with E-state index in [9.17, 15) is 9.90 Å². The maximum atomic E-state index is 11.3. The Bertz CT molecular complexity index is 1010. The number of ether oxygens (including phenoxy) is 1. The summed E-state index contributed by atoms with van der Waals surface area (Å²) in [6.45, 7) is 1.40. The molecular weight excluding hydrogens is 418 g/mol. The van der Waals surface area contributed by atoms with E-state index < -0.39 is 12.1 Å². The molecular formula is C25H29N5O3. The summed E-state index contributed by atoms with van der Waals surface area (Å²) in [5, 5.41) is 18.8. The minimum atomic E-state index is -0.698. The summed E-state index contributed by atoms with van der Waals surface area (Å²) in [6, 6.07) is 25.8. The number of nitrogens with zero attached hydrogens (tertiary/aromatic N) is 1. The summed E-state index contributed by atoms with van der Waals surface area (Å²) in [5.41, 5.74) is 7.84. The Kier molecular flexibility index (Phi) is 9.26. The Morgan fingerprint density at radius 3 is 2.30 bits per heavy atom. The lowest BCUT2D eigenvalue weighted by atomic mass is 10.1. The van der Waals surface area contributed by atoms with Crippen LogP contribution in [0.15, 0.2) is 89.9 Å². The smallest absolute Gasteiger partial charge is 0.318 e. The summed E-state index contributed by atoms with van der Waals surface area (Å²) < 4.78 is 5.55. The topological polar surface area (TPSA) is 121 Å². The predicted octanol–water partition coefficient (Wildman–Crippen LogP) is 3.03. The number of nitrogens with one attached hydrogen (secondary N) is 3. The average Bonchev–Trinajstić information content (AvgIpc) is 2.82. The van der Waals surface area contributed by atoms with Crippen LogP contribution >= 0.6 is 0 Å². The predicted molar refractivity (Wildman–Crippen MR) is 131 cm³/mol. The molecule has 0 aliphatic heterocycles. The van der Waals surface area contributed by atoms with Crippen LogP contribution in [0.25, 0.3) is 0 Å². The lowest BCUT2D eigenvalue weighted by molar-refractivity contribution is 0.106. The van der Waals surface area contributed by atoms with Gasteiger partial charge in [-0.15, -0.1) is 0 Å². The lowest BCUT2D eigenvalue weighted by Gasteiger charge is -2.13. The van der Waals surface area contributed by atoms with E-state index in [1.54, 1.807) is 0 Å². The number of primary amides is 1. The number of anilines is 1. The minimum absolute atomic E-state index is 0.238. The Labute approximate surface area is 193 Å². The van der Waals surface area contributed by atoms with Crippen molar-refractivity contribution in [1.29, 1.82) is 0 Å². The van der Waals surface area contributed by atoms with Gasteiger partial charge in [-0.05, 0) is 54.9 Å². The zero-order chi connectivity index (χ0) is 23.3. The first-order chi connectivity index (χ1) is 16.1. The second-order valence-electron chi connectivity index (χ2n) is 7.34.